The number of hydrogen-bond acceptors (Lipinski definition) is 5. The summed E-state index contributed by atoms with van der Waals surface area (Å²) >= 11 is 0. The second-order valence-corrected chi connectivity index (χ2v) is 6.32. The van der Waals surface area contributed by atoms with Crippen molar-refractivity contribution in [2.45, 2.75) is 13.0 Å². The summed E-state index contributed by atoms with van der Waals surface area (Å²) in [5, 5.41) is 6.78. The number of likely N-dealkylation sites (N-methyl/N-ethyl adjacent to an activating group) is 1. The molecule has 26 heavy (non-hydrogen) atoms. The standard InChI is InChI=1S/C20H22N4O2/c1-14-22-20(26-23-14)17-11-9-16(10-12-17)19(25)21-13-18(24(2)3)15-7-5-4-6-8-15/h4-12,18H,13H2,1-3H3,(H,21,25). The van der Waals surface area contributed by atoms with Crippen LogP contribution in [0.4, 0.5) is 0 Å². The zero-order valence-corrected chi connectivity index (χ0v) is 15.1. The number of nitrogens with one attached hydrogen (secondary N) is 1. The van der Waals surface area contributed by atoms with E-state index in [9.17, 15) is 4.79 Å². The van der Waals surface area contributed by atoms with Gasteiger partial charge in [0.1, 0.15) is 0 Å². The van der Waals surface area contributed by atoms with Crippen molar-refractivity contribution < 1.29 is 9.32 Å². The van der Waals surface area contributed by atoms with E-state index in [1.54, 1.807) is 19.1 Å². The number of aryl methyl sites for hydroxylation is 1. The Morgan fingerprint density at radius 3 is 2.38 bits per heavy atom. The molecule has 3 aromatic rings. The van der Waals surface area contributed by atoms with E-state index in [1.165, 1.54) is 5.56 Å². The Kier molecular flexibility index (Phi) is 5.43. The highest BCUT2D eigenvalue weighted by atomic mass is 16.5. The van der Waals surface area contributed by atoms with Gasteiger partial charge in [-0.15, -0.1) is 0 Å². The first-order valence-corrected chi connectivity index (χ1v) is 8.45. The molecule has 0 aliphatic carbocycles. The van der Waals surface area contributed by atoms with Crippen molar-refractivity contribution in [1.29, 1.82) is 0 Å². The number of carbonyl (C=O) groups excluding carboxylic acids is 1. The predicted molar refractivity (Wildman–Crippen MR) is 99.7 cm³/mol. The Balaban J connectivity index is 1.66. The van der Waals surface area contributed by atoms with E-state index >= 15 is 0 Å². The quantitative estimate of drug-likeness (QED) is 0.740. The number of nitrogens with zero attached hydrogens (tertiary/aromatic N) is 3. The molecule has 3 rings (SSSR count). The van der Waals surface area contributed by atoms with Gasteiger partial charge in [-0.05, 0) is 50.8 Å². The second-order valence-electron chi connectivity index (χ2n) is 6.32. The average Bonchev–Trinajstić information content (AvgIpc) is 3.09. The van der Waals surface area contributed by atoms with Crippen LogP contribution in [0.15, 0.2) is 59.1 Å². The Morgan fingerprint density at radius 2 is 1.81 bits per heavy atom. The van der Waals surface area contributed by atoms with Crippen molar-refractivity contribution in [2.24, 2.45) is 0 Å². The van der Waals surface area contributed by atoms with Gasteiger partial charge in [0, 0.05) is 17.7 Å². The predicted octanol–water partition coefficient (Wildman–Crippen LogP) is 3.08. The minimum absolute atomic E-state index is 0.110. The molecule has 0 aliphatic heterocycles. The number of carbonyl (C=O) groups is 1. The van der Waals surface area contributed by atoms with Crippen molar-refractivity contribution in [3.63, 3.8) is 0 Å². The van der Waals surface area contributed by atoms with E-state index in [4.69, 9.17) is 4.52 Å². The van der Waals surface area contributed by atoms with Crippen molar-refractivity contribution in [2.75, 3.05) is 20.6 Å². The lowest BCUT2D eigenvalue weighted by Gasteiger charge is -2.25. The lowest BCUT2D eigenvalue weighted by Crippen LogP contribution is -2.34. The monoisotopic (exact) mass is 350 g/mol. The van der Waals surface area contributed by atoms with E-state index in [0.29, 0.717) is 23.8 Å². The lowest BCUT2D eigenvalue weighted by atomic mass is 10.1. The van der Waals surface area contributed by atoms with Crippen LogP contribution in [0.3, 0.4) is 0 Å². The van der Waals surface area contributed by atoms with Gasteiger partial charge in [0.2, 0.25) is 0 Å². The number of amides is 1. The third-order valence-corrected chi connectivity index (χ3v) is 4.19. The Labute approximate surface area is 152 Å². The van der Waals surface area contributed by atoms with Gasteiger partial charge in [-0.1, -0.05) is 35.5 Å². The molecule has 6 nitrogen and oxygen atoms in total. The second kappa shape index (κ2) is 7.93. The summed E-state index contributed by atoms with van der Waals surface area (Å²) in [5.41, 5.74) is 2.55. The van der Waals surface area contributed by atoms with Crippen molar-refractivity contribution in [3.05, 3.63) is 71.5 Å². The van der Waals surface area contributed by atoms with Crippen LogP contribution in [0.5, 0.6) is 0 Å². The molecule has 1 N–H and O–H groups in total. The highest BCUT2D eigenvalue weighted by Gasteiger charge is 2.16. The van der Waals surface area contributed by atoms with E-state index in [2.05, 4.69) is 32.5 Å². The van der Waals surface area contributed by atoms with Crippen LogP contribution in [0.1, 0.15) is 27.8 Å². The van der Waals surface area contributed by atoms with Crippen LogP contribution in [0, 0.1) is 6.92 Å². The van der Waals surface area contributed by atoms with E-state index in [1.807, 2.05) is 44.4 Å². The van der Waals surface area contributed by atoms with Crippen LogP contribution in [-0.2, 0) is 0 Å². The topological polar surface area (TPSA) is 71.3 Å². The molecule has 0 saturated carbocycles. The van der Waals surface area contributed by atoms with Crippen LogP contribution >= 0.6 is 0 Å². The number of hydrogen-bond donors (Lipinski definition) is 1. The van der Waals surface area contributed by atoms with Gasteiger partial charge in [-0.3, -0.25) is 4.79 Å². The first kappa shape index (κ1) is 17.8. The highest BCUT2D eigenvalue weighted by molar-refractivity contribution is 5.94. The van der Waals surface area contributed by atoms with Gasteiger partial charge in [0.25, 0.3) is 11.8 Å². The maximum atomic E-state index is 12.5. The van der Waals surface area contributed by atoms with E-state index in [0.717, 1.165) is 5.56 Å². The molecular formula is C20H22N4O2. The minimum atomic E-state index is -0.110. The van der Waals surface area contributed by atoms with Crippen molar-refractivity contribution in [1.82, 2.24) is 20.4 Å². The summed E-state index contributed by atoms with van der Waals surface area (Å²) in [6.07, 6.45) is 0. The molecule has 1 amide bonds. The van der Waals surface area contributed by atoms with Gasteiger partial charge in [-0.2, -0.15) is 4.98 Å². The summed E-state index contributed by atoms with van der Waals surface area (Å²) in [5.74, 6) is 0.921. The van der Waals surface area contributed by atoms with Crippen LogP contribution in [0.25, 0.3) is 11.5 Å². The largest absolute Gasteiger partial charge is 0.350 e. The SMILES string of the molecule is Cc1noc(-c2ccc(C(=O)NCC(c3ccccc3)N(C)C)cc2)n1. The fraction of sp³-hybridized carbons (Fsp3) is 0.250. The minimum Gasteiger partial charge on any atom is -0.350 e. The van der Waals surface area contributed by atoms with Gasteiger partial charge in [-0.25, -0.2) is 0 Å². The number of benzene rings is 2. The van der Waals surface area contributed by atoms with Gasteiger partial charge in [0.05, 0.1) is 6.04 Å². The first-order valence-electron chi connectivity index (χ1n) is 8.45. The normalized spacial score (nSPS) is 12.2. The molecule has 0 bridgehead atoms. The Hall–Kier alpha value is -2.99. The zero-order valence-electron chi connectivity index (χ0n) is 15.1. The van der Waals surface area contributed by atoms with Gasteiger partial charge >= 0.3 is 0 Å². The molecule has 0 saturated heterocycles. The Bertz CT molecular complexity index is 857. The summed E-state index contributed by atoms with van der Waals surface area (Å²) in [6.45, 7) is 2.29. The fourth-order valence-electron chi connectivity index (χ4n) is 2.74. The Morgan fingerprint density at radius 1 is 1.12 bits per heavy atom. The summed E-state index contributed by atoms with van der Waals surface area (Å²) in [6, 6.07) is 17.4. The molecule has 1 heterocycles. The maximum Gasteiger partial charge on any atom is 0.257 e. The third kappa shape index (κ3) is 4.15. The molecule has 0 spiro atoms. The summed E-state index contributed by atoms with van der Waals surface area (Å²) in [7, 11) is 4.01. The summed E-state index contributed by atoms with van der Waals surface area (Å²) in [4.78, 5) is 18.8. The smallest absolute Gasteiger partial charge is 0.257 e. The molecule has 1 unspecified atom stereocenters. The van der Waals surface area contributed by atoms with E-state index < -0.39 is 0 Å². The third-order valence-electron chi connectivity index (χ3n) is 4.19. The molecule has 0 aliphatic rings. The fourth-order valence-corrected chi connectivity index (χ4v) is 2.74. The molecule has 2 aromatic carbocycles. The van der Waals surface area contributed by atoms with E-state index in [-0.39, 0.29) is 11.9 Å². The van der Waals surface area contributed by atoms with Crippen LogP contribution < -0.4 is 5.32 Å². The molecule has 134 valence electrons. The molecule has 0 radical (unpaired) electrons. The molecule has 1 aromatic heterocycles. The number of rotatable bonds is 6. The maximum absolute atomic E-state index is 12.5. The van der Waals surface area contributed by atoms with Gasteiger partial charge in [0.15, 0.2) is 5.82 Å². The molecule has 0 fully saturated rings. The molecule has 6 heteroatoms. The first-order chi connectivity index (χ1) is 12.5. The van der Waals surface area contributed by atoms with Crippen molar-refractivity contribution >= 4 is 5.91 Å². The lowest BCUT2D eigenvalue weighted by molar-refractivity contribution is 0.0942. The zero-order chi connectivity index (χ0) is 18.5. The molecular weight excluding hydrogens is 328 g/mol. The highest BCUT2D eigenvalue weighted by Crippen LogP contribution is 2.19. The van der Waals surface area contributed by atoms with Crippen LogP contribution in [-0.4, -0.2) is 41.6 Å². The molecule has 1 atom stereocenters. The van der Waals surface area contributed by atoms with Gasteiger partial charge < -0.3 is 14.7 Å². The summed E-state index contributed by atoms with van der Waals surface area (Å²) < 4.78 is 5.14. The number of aromatic nitrogens is 2. The van der Waals surface area contributed by atoms with Crippen LogP contribution in [0.2, 0.25) is 0 Å². The average molecular weight is 350 g/mol. The van der Waals surface area contributed by atoms with Crippen molar-refractivity contribution in [3.8, 4) is 11.5 Å².